The summed E-state index contributed by atoms with van der Waals surface area (Å²) < 4.78 is 5.51. The molecule has 2 fully saturated rings. The molecule has 0 radical (unpaired) electrons. The van der Waals surface area contributed by atoms with Crippen LogP contribution < -0.4 is 5.56 Å². The van der Waals surface area contributed by atoms with Crippen LogP contribution in [0, 0.1) is 5.92 Å². The zero-order valence-corrected chi connectivity index (χ0v) is 17.4. The van der Waals surface area contributed by atoms with Crippen molar-refractivity contribution in [2.75, 3.05) is 33.3 Å². The summed E-state index contributed by atoms with van der Waals surface area (Å²) in [5, 5.41) is 1.07. The quantitative estimate of drug-likeness (QED) is 0.842. The van der Waals surface area contributed by atoms with Gasteiger partial charge >= 0.3 is 0 Å². The number of piperazine rings is 1. The number of hydrogen-bond acceptors (Lipinski definition) is 4. The number of ether oxygens (including phenoxy) is 1. The maximum absolute atomic E-state index is 12.9. The van der Waals surface area contributed by atoms with Gasteiger partial charge in [0, 0.05) is 50.9 Å². The zero-order valence-electron chi connectivity index (χ0n) is 17.4. The summed E-state index contributed by atoms with van der Waals surface area (Å²) in [4.78, 5) is 32.4. The summed E-state index contributed by atoms with van der Waals surface area (Å²) >= 11 is 0. The number of nitrogens with one attached hydrogen (secondary N) is 1. The highest BCUT2D eigenvalue weighted by Crippen LogP contribution is 2.30. The third-order valence-corrected chi connectivity index (χ3v) is 6.53. The molecule has 1 aliphatic carbocycles. The summed E-state index contributed by atoms with van der Waals surface area (Å²) in [7, 11) is 1.72. The van der Waals surface area contributed by atoms with Gasteiger partial charge in [0.2, 0.25) is 5.91 Å². The lowest BCUT2D eigenvalue weighted by Crippen LogP contribution is -2.50. The van der Waals surface area contributed by atoms with Crippen LogP contribution in [0.25, 0.3) is 10.9 Å². The number of H-pyrrole nitrogens is 1. The van der Waals surface area contributed by atoms with Crippen LogP contribution in [0.15, 0.2) is 29.1 Å². The van der Waals surface area contributed by atoms with E-state index in [1.165, 1.54) is 5.56 Å². The number of benzene rings is 1. The Kier molecular flexibility index (Phi) is 6.01. The van der Waals surface area contributed by atoms with Crippen molar-refractivity contribution in [2.45, 2.75) is 45.3 Å². The van der Waals surface area contributed by atoms with Crippen molar-refractivity contribution in [2.24, 2.45) is 5.92 Å². The predicted octanol–water partition coefficient (Wildman–Crippen LogP) is 2.55. The van der Waals surface area contributed by atoms with Crippen molar-refractivity contribution >= 4 is 16.8 Å². The van der Waals surface area contributed by atoms with Gasteiger partial charge in [-0.2, -0.15) is 0 Å². The molecule has 2 unspecified atom stereocenters. The van der Waals surface area contributed by atoms with Gasteiger partial charge in [0.1, 0.15) is 0 Å². The minimum Gasteiger partial charge on any atom is -0.381 e. The van der Waals surface area contributed by atoms with Gasteiger partial charge in [-0.15, -0.1) is 0 Å². The summed E-state index contributed by atoms with van der Waals surface area (Å²) in [6, 6.07) is 8.29. The van der Waals surface area contributed by atoms with Gasteiger partial charge in [0.25, 0.3) is 5.56 Å². The number of aromatic nitrogens is 1. The monoisotopic (exact) mass is 397 g/mol. The molecule has 1 saturated heterocycles. The van der Waals surface area contributed by atoms with Crippen molar-refractivity contribution in [3.8, 4) is 0 Å². The molecule has 0 spiro atoms. The molecule has 1 N–H and O–H groups in total. The number of hydrogen-bond donors (Lipinski definition) is 1. The van der Waals surface area contributed by atoms with Gasteiger partial charge in [-0.25, -0.2) is 0 Å². The highest BCUT2D eigenvalue weighted by Gasteiger charge is 2.36. The van der Waals surface area contributed by atoms with E-state index in [1.54, 1.807) is 7.11 Å². The van der Waals surface area contributed by atoms with E-state index in [4.69, 9.17) is 4.74 Å². The SMILES string of the molecule is CCc1cc2ccc(CN3CCN(C(=O)C4CCCC4OC)CC3)cc2[nH]c1=O. The molecular weight excluding hydrogens is 366 g/mol. The lowest BCUT2D eigenvalue weighted by atomic mass is 10.0. The molecule has 156 valence electrons. The average Bonchev–Trinajstić information content (AvgIpc) is 3.22. The van der Waals surface area contributed by atoms with Gasteiger partial charge in [0.05, 0.1) is 12.0 Å². The van der Waals surface area contributed by atoms with E-state index in [0.29, 0.717) is 0 Å². The largest absolute Gasteiger partial charge is 0.381 e. The Morgan fingerprint density at radius 2 is 1.97 bits per heavy atom. The van der Waals surface area contributed by atoms with Crippen LogP contribution in [0.5, 0.6) is 0 Å². The van der Waals surface area contributed by atoms with Gasteiger partial charge in [0.15, 0.2) is 0 Å². The Morgan fingerprint density at radius 1 is 1.17 bits per heavy atom. The third kappa shape index (κ3) is 4.23. The van der Waals surface area contributed by atoms with E-state index in [-0.39, 0.29) is 23.5 Å². The number of amides is 1. The number of aryl methyl sites for hydroxylation is 1. The molecule has 1 aromatic heterocycles. The second kappa shape index (κ2) is 8.67. The van der Waals surface area contributed by atoms with E-state index >= 15 is 0 Å². The minimum absolute atomic E-state index is 0.00514. The smallest absolute Gasteiger partial charge is 0.251 e. The van der Waals surface area contributed by atoms with Crippen molar-refractivity contribution in [1.29, 1.82) is 0 Å². The normalized spacial score (nSPS) is 23.0. The van der Waals surface area contributed by atoms with Crippen LogP contribution in [0.3, 0.4) is 0 Å². The fourth-order valence-electron chi connectivity index (χ4n) is 4.76. The van der Waals surface area contributed by atoms with Crippen LogP contribution in [-0.4, -0.2) is 60.1 Å². The van der Waals surface area contributed by atoms with Crippen LogP contribution in [-0.2, 0) is 22.5 Å². The molecule has 2 aliphatic rings. The second-order valence-corrected chi connectivity index (χ2v) is 8.31. The van der Waals surface area contributed by atoms with E-state index in [9.17, 15) is 9.59 Å². The number of carbonyl (C=O) groups is 1. The van der Waals surface area contributed by atoms with Crippen molar-refractivity contribution in [3.05, 3.63) is 45.7 Å². The number of nitrogens with zero attached hydrogens (tertiary/aromatic N) is 2. The van der Waals surface area contributed by atoms with Crippen LogP contribution >= 0.6 is 0 Å². The van der Waals surface area contributed by atoms with Crippen LogP contribution in [0.2, 0.25) is 0 Å². The number of rotatable bonds is 5. The van der Waals surface area contributed by atoms with E-state index in [2.05, 4.69) is 28.1 Å². The molecule has 4 rings (SSSR count). The standard InChI is InChI=1S/C23H31N3O3/c1-3-17-14-18-8-7-16(13-20(18)24-22(17)27)15-25-9-11-26(12-10-25)23(28)19-5-4-6-21(19)29-2/h7-8,13-14,19,21H,3-6,9-12,15H2,1-2H3,(H,24,27). The maximum Gasteiger partial charge on any atom is 0.251 e. The fourth-order valence-corrected chi connectivity index (χ4v) is 4.76. The number of methoxy groups -OCH3 is 1. The topological polar surface area (TPSA) is 65.6 Å². The number of aromatic amines is 1. The summed E-state index contributed by atoms with van der Waals surface area (Å²) in [5.41, 5.74) is 2.91. The Morgan fingerprint density at radius 3 is 2.69 bits per heavy atom. The average molecular weight is 398 g/mol. The summed E-state index contributed by atoms with van der Waals surface area (Å²) in [6.45, 7) is 6.13. The summed E-state index contributed by atoms with van der Waals surface area (Å²) in [5.74, 6) is 0.306. The van der Waals surface area contributed by atoms with Crippen molar-refractivity contribution in [3.63, 3.8) is 0 Å². The molecule has 1 aliphatic heterocycles. The molecule has 2 atom stereocenters. The molecule has 2 aromatic rings. The first kappa shape index (κ1) is 20.1. The molecule has 6 nitrogen and oxygen atoms in total. The van der Waals surface area contributed by atoms with Gasteiger partial charge in [-0.05, 0) is 48.8 Å². The van der Waals surface area contributed by atoms with Gasteiger partial charge in [-0.1, -0.05) is 19.1 Å². The molecule has 1 saturated carbocycles. The van der Waals surface area contributed by atoms with Crippen molar-refractivity contribution in [1.82, 2.24) is 14.8 Å². The van der Waals surface area contributed by atoms with E-state index < -0.39 is 0 Å². The fraction of sp³-hybridized carbons (Fsp3) is 0.565. The molecule has 1 aromatic carbocycles. The lowest BCUT2D eigenvalue weighted by molar-refractivity contribution is -0.140. The Balaban J connectivity index is 1.37. The highest BCUT2D eigenvalue weighted by molar-refractivity contribution is 5.80. The number of fused-ring (bicyclic) bond motifs is 1. The summed E-state index contributed by atoms with van der Waals surface area (Å²) in [6.07, 6.45) is 3.86. The van der Waals surface area contributed by atoms with Crippen molar-refractivity contribution < 1.29 is 9.53 Å². The first-order valence-electron chi connectivity index (χ1n) is 10.8. The minimum atomic E-state index is 0.00514. The molecular formula is C23H31N3O3. The first-order chi connectivity index (χ1) is 14.1. The second-order valence-electron chi connectivity index (χ2n) is 8.31. The molecule has 1 amide bonds. The Labute approximate surface area is 171 Å². The predicted molar refractivity (Wildman–Crippen MR) is 114 cm³/mol. The lowest BCUT2D eigenvalue weighted by Gasteiger charge is -2.36. The molecule has 0 bridgehead atoms. The van der Waals surface area contributed by atoms with Gasteiger partial charge in [-0.3, -0.25) is 14.5 Å². The zero-order chi connectivity index (χ0) is 20.4. The third-order valence-electron chi connectivity index (χ3n) is 6.53. The highest BCUT2D eigenvalue weighted by atomic mass is 16.5. The van der Waals surface area contributed by atoms with Crippen LogP contribution in [0.1, 0.15) is 37.3 Å². The molecule has 29 heavy (non-hydrogen) atoms. The molecule has 6 heteroatoms. The number of pyridine rings is 1. The Bertz CT molecular complexity index is 931. The molecule has 2 heterocycles. The maximum atomic E-state index is 12.9. The van der Waals surface area contributed by atoms with E-state index in [1.807, 2.05) is 17.9 Å². The van der Waals surface area contributed by atoms with E-state index in [0.717, 1.165) is 74.9 Å². The van der Waals surface area contributed by atoms with Gasteiger partial charge < -0.3 is 14.6 Å². The first-order valence-corrected chi connectivity index (χ1v) is 10.8. The number of carbonyl (C=O) groups excluding carboxylic acids is 1. The Hall–Kier alpha value is -2.18. The van der Waals surface area contributed by atoms with Crippen LogP contribution in [0.4, 0.5) is 0 Å².